The van der Waals surface area contributed by atoms with Crippen molar-refractivity contribution >= 4 is 17.6 Å². The largest absolute Gasteiger partial charge is 0.481 e. The second kappa shape index (κ2) is 5.57. The molecule has 1 amide bonds. The minimum Gasteiger partial charge on any atom is -0.481 e. The van der Waals surface area contributed by atoms with Crippen LogP contribution in [0.1, 0.15) is 6.42 Å². The van der Waals surface area contributed by atoms with E-state index < -0.39 is 70.3 Å². The fraction of sp³-hybridized carbons (Fsp3) is 0.333. The summed E-state index contributed by atoms with van der Waals surface area (Å²) in [4.78, 5) is 23.6. The Morgan fingerprint density at radius 1 is 0.875 bits per heavy atom. The molecule has 1 fully saturated rings. The molecule has 2 aliphatic carbocycles. The summed E-state index contributed by atoms with van der Waals surface area (Å²) in [5.74, 6) is -16.5. The molecule has 9 heteroatoms. The average Bonchev–Trinajstić information content (AvgIpc) is 3.15. The van der Waals surface area contributed by atoms with E-state index in [2.05, 4.69) is 0 Å². The first kappa shape index (κ1) is 16.4. The van der Waals surface area contributed by atoms with Gasteiger partial charge in [0.05, 0.1) is 11.8 Å². The van der Waals surface area contributed by atoms with Crippen molar-refractivity contribution in [3.8, 4) is 0 Å². The molecule has 4 unspecified atom stereocenters. The fourth-order valence-corrected chi connectivity index (χ4v) is 3.44. The highest BCUT2D eigenvalue weighted by Crippen LogP contribution is 2.48. The highest BCUT2D eigenvalue weighted by Gasteiger charge is 2.51. The van der Waals surface area contributed by atoms with Gasteiger partial charge in [-0.2, -0.15) is 0 Å². The van der Waals surface area contributed by atoms with E-state index in [1.165, 1.54) is 0 Å². The second-order valence-corrected chi connectivity index (χ2v) is 5.77. The van der Waals surface area contributed by atoms with Gasteiger partial charge >= 0.3 is 5.97 Å². The molecule has 0 heterocycles. The number of nitrogens with one attached hydrogen (secondary N) is 1. The van der Waals surface area contributed by atoms with Crippen molar-refractivity contribution in [3.05, 3.63) is 41.2 Å². The monoisotopic (exact) mass is 347 g/mol. The van der Waals surface area contributed by atoms with Crippen molar-refractivity contribution in [2.24, 2.45) is 23.7 Å². The number of halogens is 5. The molecule has 3 rings (SSSR count). The van der Waals surface area contributed by atoms with Gasteiger partial charge in [-0.15, -0.1) is 0 Å². The van der Waals surface area contributed by atoms with E-state index in [0.29, 0.717) is 6.42 Å². The molecule has 128 valence electrons. The standard InChI is InChI=1S/C15H10F5NO3/c16-8-9(17)11(19)13(12(20)10(8)18)21-14(22)6-4-1-2-5(3-4)7(6)15(23)24/h1-2,4-7H,3H2,(H,21,22)(H,23,24). The lowest BCUT2D eigenvalue weighted by Gasteiger charge is -2.24. The smallest absolute Gasteiger partial charge is 0.307 e. The van der Waals surface area contributed by atoms with E-state index in [1.54, 1.807) is 17.5 Å². The minimum atomic E-state index is -2.34. The third-order valence-corrected chi connectivity index (χ3v) is 4.51. The Morgan fingerprint density at radius 2 is 1.33 bits per heavy atom. The Labute approximate surface area is 132 Å². The van der Waals surface area contributed by atoms with Crippen LogP contribution in [-0.4, -0.2) is 17.0 Å². The van der Waals surface area contributed by atoms with Crippen molar-refractivity contribution in [3.63, 3.8) is 0 Å². The molecule has 4 atom stereocenters. The Kier molecular flexibility index (Phi) is 3.81. The topological polar surface area (TPSA) is 66.4 Å². The number of aliphatic carboxylic acids is 1. The highest BCUT2D eigenvalue weighted by molar-refractivity contribution is 5.96. The lowest BCUT2D eigenvalue weighted by Crippen LogP contribution is -2.37. The van der Waals surface area contributed by atoms with Gasteiger partial charge < -0.3 is 10.4 Å². The zero-order valence-electron chi connectivity index (χ0n) is 11.8. The number of carboxylic acids is 1. The molecule has 2 bridgehead atoms. The summed E-state index contributed by atoms with van der Waals surface area (Å²) >= 11 is 0. The summed E-state index contributed by atoms with van der Waals surface area (Å²) in [6, 6.07) is 0. The quantitative estimate of drug-likeness (QED) is 0.382. The van der Waals surface area contributed by atoms with E-state index in [9.17, 15) is 36.6 Å². The van der Waals surface area contributed by atoms with Crippen molar-refractivity contribution in [1.29, 1.82) is 0 Å². The summed E-state index contributed by atoms with van der Waals surface area (Å²) < 4.78 is 66.6. The van der Waals surface area contributed by atoms with E-state index in [0.717, 1.165) is 0 Å². The number of amides is 1. The number of hydrogen-bond donors (Lipinski definition) is 2. The van der Waals surface area contributed by atoms with E-state index >= 15 is 0 Å². The Balaban J connectivity index is 1.94. The molecule has 4 nitrogen and oxygen atoms in total. The van der Waals surface area contributed by atoms with Crippen LogP contribution >= 0.6 is 0 Å². The summed E-state index contributed by atoms with van der Waals surface area (Å²) in [5, 5.41) is 10.9. The van der Waals surface area contributed by atoms with Crippen LogP contribution in [-0.2, 0) is 9.59 Å². The predicted octanol–water partition coefficient (Wildman–Crippen LogP) is 2.84. The molecular weight excluding hydrogens is 337 g/mol. The number of carbonyl (C=O) groups is 2. The Hall–Kier alpha value is -2.45. The number of rotatable bonds is 3. The first-order chi connectivity index (χ1) is 11.2. The molecule has 1 aromatic carbocycles. The molecule has 24 heavy (non-hydrogen) atoms. The number of fused-ring (bicyclic) bond motifs is 2. The van der Waals surface area contributed by atoms with Crippen LogP contribution in [0.3, 0.4) is 0 Å². The first-order valence-electron chi connectivity index (χ1n) is 6.97. The minimum absolute atomic E-state index is 0.381. The van der Waals surface area contributed by atoms with Gasteiger partial charge in [-0.05, 0) is 18.3 Å². The number of carboxylic acid groups (broad SMARTS) is 1. The molecule has 0 radical (unpaired) electrons. The highest BCUT2D eigenvalue weighted by atomic mass is 19.2. The van der Waals surface area contributed by atoms with Gasteiger partial charge in [0.25, 0.3) is 0 Å². The zero-order chi connectivity index (χ0) is 17.8. The van der Waals surface area contributed by atoms with E-state index in [1.807, 2.05) is 0 Å². The summed E-state index contributed by atoms with van der Waals surface area (Å²) in [6.45, 7) is 0. The van der Waals surface area contributed by atoms with Gasteiger partial charge in [-0.1, -0.05) is 12.2 Å². The maximum absolute atomic E-state index is 13.6. The number of hydrogen-bond acceptors (Lipinski definition) is 2. The van der Waals surface area contributed by atoms with Crippen LogP contribution in [0.5, 0.6) is 0 Å². The van der Waals surface area contributed by atoms with Crippen molar-refractivity contribution in [2.75, 3.05) is 5.32 Å². The third kappa shape index (κ3) is 2.26. The summed E-state index contributed by atoms with van der Waals surface area (Å²) in [6.07, 6.45) is 3.64. The number of allylic oxidation sites excluding steroid dienone is 2. The maximum atomic E-state index is 13.6. The molecule has 0 spiro atoms. The van der Waals surface area contributed by atoms with E-state index in [4.69, 9.17) is 0 Å². The van der Waals surface area contributed by atoms with Crippen molar-refractivity contribution in [1.82, 2.24) is 0 Å². The third-order valence-electron chi connectivity index (χ3n) is 4.51. The lowest BCUT2D eigenvalue weighted by molar-refractivity contribution is -0.146. The molecule has 1 aromatic rings. The van der Waals surface area contributed by atoms with Crippen molar-refractivity contribution in [2.45, 2.75) is 6.42 Å². The Morgan fingerprint density at radius 3 is 1.83 bits per heavy atom. The van der Waals surface area contributed by atoms with Gasteiger partial charge in [-0.25, -0.2) is 22.0 Å². The number of anilines is 1. The van der Waals surface area contributed by atoms with Crippen LogP contribution in [0.2, 0.25) is 0 Å². The molecule has 0 aromatic heterocycles. The van der Waals surface area contributed by atoms with Gasteiger partial charge in [0.1, 0.15) is 5.69 Å². The van der Waals surface area contributed by atoms with Crippen molar-refractivity contribution < 1.29 is 36.6 Å². The molecule has 0 saturated heterocycles. The molecule has 0 aliphatic heterocycles. The van der Waals surface area contributed by atoms with Crippen LogP contribution in [0.25, 0.3) is 0 Å². The predicted molar refractivity (Wildman–Crippen MR) is 70.2 cm³/mol. The maximum Gasteiger partial charge on any atom is 0.307 e. The summed E-state index contributed by atoms with van der Waals surface area (Å²) in [7, 11) is 0. The lowest BCUT2D eigenvalue weighted by atomic mass is 9.82. The molecule has 1 saturated carbocycles. The molecular formula is C15H10F5NO3. The second-order valence-electron chi connectivity index (χ2n) is 5.77. The average molecular weight is 347 g/mol. The van der Waals surface area contributed by atoms with Gasteiger partial charge in [0.2, 0.25) is 11.7 Å². The summed E-state index contributed by atoms with van der Waals surface area (Å²) in [5.41, 5.74) is -1.48. The Bertz CT molecular complexity index is 750. The van der Waals surface area contributed by atoms with Gasteiger partial charge in [0, 0.05) is 0 Å². The fourth-order valence-electron chi connectivity index (χ4n) is 3.44. The van der Waals surface area contributed by atoms with Crippen LogP contribution in [0.15, 0.2) is 12.2 Å². The normalized spacial score (nSPS) is 27.5. The zero-order valence-corrected chi connectivity index (χ0v) is 11.8. The number of carbonyl (C=O) groups excluding carboxylic acids is 1. The van der Waals surface area contributed by atoms with Gasteiger partial charge in [-0.3, -0.25) is 9.59 Å². The van der Waals surface area contributed by atoms with Crippen LogP contribution in [0.4, 0.5) is 27.6 Å². The van der Waals surface area contributed by atoms with Crippen LogP contribution < -0.4 is 5.32 Å². The first-order valence-corrected chi connectivity index (χ1v) is 6.97. The van der Waals surface area contributed by atoms with Crippen LogP contribution in [0, 0.1) is 52.8 Å². The molecule has 2 aliphatic rings. The molecule has 2 N–H and O–H groups in total. The SMILES string of the molecule is O=C(O)C1C2C=CC(C2)C1C(=O)Nc1c(F)c(F)c(F)c(F)c1F. The van der Waals surface area contributed by atoms with Gasteiger partial charge in [0.15, 0.2) is 23.3 Å². The van der Waals surface area contributed by atoms with E-state index in [-0.39, 0.29) is 0 Å². The number of benzene rings is 1.